The van der Waals surface area contributed by atoms with Crippen LogP contribution in [-0.2, 0) is 17.5 Å². The molecule has 1 aromatic heterocycles. The van der Waals surface area contributed by atoms with Crippen molar-refractivity contribution in [3.63, 3.8) is 0 Å². The predicted molar refractivity (Wildman–Crippen MR) is 84.5 cm³/mol. The summed E-state index contributed by atoms with van der Waals surface area (Å²) in [5, 5.41) is 3.58. The standard InChI is InChI=1S/C16H12F5N3O3/c17-15(18)27-12-4-1-10(2-5-12)7-22-23-13(25)9-24-8-11(16(19,20)21)3-6-14(24)26/h1-8,15H,9H2,(H,23,25). The Morgan fingerprint density at radius 1 is 1.19 bits per heavy atom. The molecule has 1 aromatic carbocycles. The Hall–Kier alpha value is -3.24. The van der Waals surface area contributed by atoms with Gasteiger partial charge in [-0.25, -0.2) is 5.43 Å². The van der Waals surface area contributed by atoms with Gasteiger partial charge in [-0.3, -0.25) is 9.59 Å². The summed E-state index contributed by atoms with van der Waals surface area (Å²) in [5.74, 6) is -0.888. The van der Waals surface area contributed by atoms with Crippen LogP contribution in [0.4, 0.5) is 22.0 Å². The molecule has 2 rings (SSSR count). The molecule has 144 valence electrons. The average molecular weight is 389 g/mol. The highest BCUT2D eigenvalue weighted by Crippen LogP contribution is 2.27. The van der Waals surface area contributed by atoms with Crippen LogP contribution in [0.25, 0.3) is 0 Å². The van der Waals surface area contributed by atoms with E-state index >= 15 is 0 Å². The van der Waals surface area contributed by atoms with E-state index in [-0.39, 0.29) is 5.75 Å². The molecule has 0 unspecified atom stereocenters. The minimum Gasteiger partial charge on any atom is -0.435 e. The van der Waals surface area contributed by atoms with Crippen molar-refractivity contribution < 1.29 is 31.5 Å². The second-order valence-electron chi connectivity index (χ2n) is 5.12. The average Bonchev–Trinajstić information content (AvgIpc) is 2.57. The van der Waals surface area contributed by atoms with Crippen LogP contribution in [0, 0.1) is 0 Å². The number of hydrazone groups is 1. The molecule has 0 radical (unpaired) electrons. The maximum absolute atomic E-state index is 12.6. The van der Waals surface area contributed by atoms with Gasteiger partial charge in [0, 0.05) is 12.3 Å². The van der Waals surface area contributed by atoms with Crippen molar-refractivity contribution in [3.05, 3.63) is 64.1 Å². The smallest absolute Gasteiger partial charge is 0.417 e. The van der Waals surface area contributed by atoms with Gasteiger partial charge in [0.15, 0.2) is 0 Å². The van der Waals surface area contributed by atoms with Gasteiger partial charge < -0.3 is 9.30 Å². The summed E-state index contributed by atoms with van der Waals surface area (Å²) in [7, 11) is 0. The van der Waals surface area contributed by atoms with Crippen LogP contribution in [0.3, 0.4) is 0 Å². The molecule has 1 amide bonds. The lowest BCUT2D eigenvalue weighted by Crippen LogP contribution is -2.30. The molecule has 6 nitrogen and oxygen atoms in total. The fourth-order valence-corrected chi connectivity index (χ4v) is 1.93. The van der Waals surface area contributed by atoms with Crippen LogP contribution in [-0.4, -0.2) is 23.3 Å². The van der Waals surface area contributed by atoms with E-state index in [0.29, 0.717) is 28.5 Å². The minimum atomic E-state index is -4.65. The zero-order valence-electron chi connectivity index (χ0n) is 13.4. The van der Waals surface area contributed by atoms with Gasteiger partial charge >= 0.3 is 12.8 Å². The molecule has 1 heterocycles. The van der Waals surface area contributed by atoms with Crippen LogP contribution in [0.2, 0.25) is 0 Å². The van der Waals surface area contributed by atoms with E-state index in [4.69, 9.17) is 0 Å². The molecular weight excluding hydrogens is 377 g/mol. The lowest BCUT2D eigenvalue weighted by atomic mass is 10.2. The van der Waals surface area contributed by atoms with Crippen LogP contribution in [0.15, 0.2) is 52.5 Å². The molecule has 0 aliphatic carbocycles. The van der Waals surface area contributed by atoms with E-state index in [1.54, 1.807) is 0 Å². The molecule has 0 aliphatic rings. The fourth-order valence-electron chi connectivity index (χ4n) is 1.93. The summed E-state index contributed by atoms with van der Waals surface area (Å²) in [6.07, 6.45) is -2.93. The van der Waals surface area contributed by atoms with Crippen LogP contribution in [0.1, 0.15) is 11.1 Å². The molecule has 0 bridgehead atoms. The Bertz CT molecular complexity index is 876. The van der Waals surface area contributed by atoms with Crippen molar-refractivity contribution >= 4 is 12.1 Å². The van der Waals surface area contributed by atoms with Crippen molar-refractivity contribution in [2.45, 2.75) is 19.3 Å². The van der Waals surface area contributed by atoms with Gasteiger partial charge in [0.1, 0.15) is 12.3 Å². The third kappa shape index (κ3) is 6.20. The topological polar surface area (TPSA) is 72.7 Å². The van der Waals surface area contributed by atoms with Gasteiger partial charge in [0.2, 0.25) is 0 Å². The van der Waals surface area contributed by atoms with Gasteiger partial charge in [0.05, 0.1) is 11.8 Å². The molecule has 0 atom stereocenters. The van der Waals surface area contributed by atoms with Crippen LogP contribution >= 0.6 is 0 Å². The summed E-state index contributed by atoms with van der Waals surface area (Å²) >= 11 is 0. The SMILES string of the molecule is O=C(Cn1cc(C(F)(F)F)ccc1=O)NN=Cc1ccc(OC(F)F)cc1. The van der Waals surface area contributed by atoms with E-state index in [0.717, 1.165) is 0 Å². The number of hydrogen-bond donors (Lipinski definition) is 1. The number of halogens is 5. The molecule has 11 heteroatoms. The van der Waals surface area contributed by atoms with Crippen LogP contribution in [0.5, 0.6) is 5.75 Å². The van der Waals surface area contributed by atoms with E-state index in [2.05, 4.69) is 15.3 Å². The quantitative estimate of drug-likeness (QED) is 0.469. The second kappa shape index (κ2) is 8.43. The number of nitrogens with zero attached hydrogens (tertiary/aromatic N) is 2. The summed E-state index contributed by atoms with van der Waals surface area (Å²) in [6.45, 7) is -3.62. The molecule has 27 heavy (non-hydrogen) atoms. The molecule has 0 spiro atoms. The monoisotopic (exact) mass is 389 g/mol. The number of aromatic nitrogens is 1. The van der Waals surface area contributed by atoms with E-state index < -0.39 is 36.4 Å². The first kappa shape index (κ1) is 20.1. The largest absolute Gasteiger partial charge is 0.435 e. The Morgan fingerprint density at radius 3 is 2.44 bits per heavy atom. The van der Waals surface area contributed by atoms with Crippen molar-refractivity contribution in [1.29, 1.82) is 0 Å². The van der Waals surface area contributed by atoms with E-state index in [1.165, 1.54) is 30.5 Å². The number of hydrogen-bond acceptors (Lipinski definition) is 4. The number of carbonyl (C=O) groups excluding carboxylic acids is 1. The number of carbonyl (C=O) groups is 1. The molecule has 1 N–H and O–H groups in total. The van der Waals surface area contributed by atoms with Gasteiger partial charge in [-0.15, -0.1) is 0 Å². The number of amides is 1. The Kier molecular flexibility index (Phi) is 6.27. The third-order valence-corrected chi connectivity index (χ3v) is 3.13. The molecule has 0 saturated carbocycles. The molecule has 2 aromatic rings. The summed E-state index contributed by atoms with van der Waals surface area (Å²) in [5.41, 5.74) is 0.642. The van der Waals surface area contributed by atoms with Gasteiger partial charge in [-0.1, -0.05) is 0 Å². The predicted octanol–water partition coefficient (Wildman–Crippen LogP) is 2.62. The summed E-state index contributed by atoms with van der Waals surface area (Å²) in [6, 6.07) is 6.64. The zero-order valence-corrected chi connectivity index (χ0v) is 13.4. The molecule has 0 fully saturated rings. The van der Waals surface area contributed by atoms with Gasteiger partial charge in [-0.2, -0.15) is 27.1 Å². The fraction of sp³-hybridized carbons (Fsp3) is 0.188. The Labute approximate surface area is 148 Å². The number of pyridine rings is 1. The maximum atomic E-state index is 12.6. The summed E-state index contributed by atoms with van der Waals surface area (Å²) in [4.78, 5) is 23.3. The normalized spacial score (nSPS) is 11.8. The zero-order chi connectivity index (χ0) is 20.0. The first-order chi connectivity index (χ1) is 12.6. The number of ether oxygens (including phenoxy) is 1. The Balaban J connectivity index is 1.96. The van der Waals surface area contributed by atoms with Gasteiger partial charge in [0.25, 0.3) is 11.5 Å². The summed E-state index contributed by atoms with van der Waals surface area (Å²) < 4.78 is 66.7. The first-order valence-electron chi connectivity index (χ1n) is 7.29. The van der Waals surface area contributed by atoms with Crippen molar-refractivity contribution in [3.8, 4) is 5.75 Å². The third-order valence-electron chi connectivity index (χ3n) is 3.13. The number of rotatable bonds is 6. The lowest BCUT2D eigenvalue weighted by molar-refractivity contribution is -0.138. The highest BCUT2D eigenvalue weighted by Gasteiger charge is 2.31. The molecule has 0 saturated heterocycles. The molecular formula is C16H12F5N3O3. The van der Waals surface area contributed by atoms with Crippen molar-refractivity contribution in [2.75, 3.05) is 0 Å². The Morgan fingerprint density at radius 2 is 1.85 bits per heavy atom. The molecule has 0 aliphatic heterocycles. The highest BCUT2D eigenvalue weighted by atomic mass is 19.4. The van der Waals surface area contributed by atoms with Crippen LogP contribution < -0.4 is 15.7 Å². The maximum Gasteiger partial charge on any atom is 0.417 e. The number of nitrogens with one attached hydrogen (secondary N) is 1. The minimum absolute atomic E-state index is 0.0601. The van der Waals surface area contributed by atoms with E-state index in [1.807, 2.05) is 0 Å². The first-order valence-corrected chi connectivity index (χ1v) is 7.29. The number of alkyl halides is 5. The highest BCUT2D eigenvalue weighted by molar-refractivity contribution is 5.82. The van der Waals surface area contributed by atoms with Crippen molar-refractivity contribution in [1.82, 2.24) is 9.99 Å². The van der Waals surface area contributed by atoms with Crippen molar-refractivity contribution in [2.24, 2.45) is 5.10 Å². The number of benzene rings is 1. The lowest BCUT2D eigenvalue weighted by Gasteiger charge is -2.09. The van der Waals surface area contributed by atoms with E-state index in [9.17, 15) is 31.5 Å². The second-order valence-corrected chi connectivity index (χ2v) is 5.12. The van der Waals surface area contributed by atoms with Gasteiger partial charge in [-0.05, 0) is 35.9 Å².